The van der Waals surface area contributed by atoms with Gasteiger partial charge < -0.3 is 10.4 Å². The molecule has 19 heavy (non-hydrogen) atoms. The first-order valence-corrected chi connectivity index (χ1v) is 7.65. The van der Waals surface area contributed by atoms with Crippen molar-refractivity contribution in [3.8, 4) is 0 Å². The number of benzene rings is 1. The molecule has 2 N–H and O–H groups in total. The average molecular weight is 282 g/mol. The van der Waals surface area contributed by atoms with Gasteiger partial charge in [-0.2, -0.15) is 0 Å². The van der Waals surface area contributed by atoms with Gasteiger partial charge in [0.1, 0.15) is 0 Å². The van der Waals surface area contributed by atoms with E-state index in [4.69, 9.17) is 11.6 Å². The van der Waals surface area contributed by atoms with Crippen molar-refractivity contribution in [1.82, 2.24) is 5.32 Å². The van der Waals surface area contributed by atoms with Crippen LogP contribution in [0.25, 0.3) is 0 Å². The molecule has 0 bridgehead atoms. The van der Waals surface area contributed by atoms with Gasteiger partial charge >= 0.3 is 0 Å². The Kier molecular flexibility index (Phi) is 5.68. The Morgan fingerprint density at radius 2 is 2.00 bits per heavy atom. The van der Waals surface area contributed by atoms with Crippen LogP contribution in [0.4, 0.5) is 0 Å². The van der Waals surface area contributed by atoms with E-state index in [0.717, 1.165) is 23.7 Å². The molecular weight excluding hydrogens is 258 g/mol. The molecule has 2 unspecified atom stereocenters. The summed E-state index contributed by atoms with van der Waals surface area (Å²) in [5.41, 5.74) is 2.35. The smallest absolute Gasteiger partial charge is 0.0462 e. The van der Waals surface area contributed by atoms with Crippen LogP contribution in [0.3, 0.4) is 0 Å². The van der Waals surface area contributed by atoms with E-state index in [2.05, 4.69) is 24.4 Å². The van der Waals surface area contributed by atoms with E-state index in [1.807, 2.05) is 6.07 Å². The first-order chi connectivity index (χ1) is 9.20. The van der Waals surface area contributed by atoms with E-state index in [1.54, 1.807) is 0 Å². The lowest BCUT2D eigenvalue weighted by molar-refractivity contribution is 0.133. The molecule has 1 fully saturated rings. The van der Waals surface area contributed by atoms with Crippen molar-refractivity contribution < 1.29 is 5.11 Å². The van der Waals surface area contributed by atoms with E-state index < -0.39 is 0 Å². The molecular formula is C16H24ClNO. The zero-order valence-electron chi connectivity index (χ0n) is 11.7. The normalized spacial score (nSPS) is 23.5. The quantitative estimate of drug-likeness (QED) is 0.865. The number of hydrogen-bond donors (Lipinski definition) is 2. The average Bonchev–Trinajstić information content (AvgIpc) is 2.42. The van der Waals surface area contributed by atoms with E-state index in [1.165, 1.54) is 31.2 Å². The molecule has 1 aliphatic rings. The zero-order valence-corrected chi connectivity index (χ0v) is 12.4. The number of aryl methyl sites for hydroxylation is 1. The summed E-state index contributed by atoms with van der Waals surface area (Å²) in [5, 5.41) is 13.7. The lowest BCUT2D eigenvalue weighted by Crippen LogP contribution is -2.32. The first kappa shape index (κ1) is 14.8. The molecule has 1 aromatic carbocycles. The molecule has 1 aliphatic carbocycles. The van der Waals surface area contributed by atoms with Gasteiger partial charge in [-0.25, -0.2) is 0 Å². The van der Waals surface area contributed by atoms with E-state index in [-0.39, 0.29) is 0 Å². The number of halogens is 1. The molecule has 1 aromatic rings. The molecule has 0 heterocycles. The Labute approximate surface area is 121 Å². The van der Waals surface area contributed by atoms with Crippen molar-refractivity contribution >= 4 is 11.6 Å². The van der Waals surface area contributed by atoms with Gasteiger partial charge in [-0.15, -0.1) is 0 Å². The summed E-state index contributed by atoms with van der Waals surface area (Å²) < 4.78 is 0. The molecule has 1 saturated carbocycles. The Morgan fingerprint density at radius 3 is 2.68 bits per heavy atom. The first-order valence-electron chi connectivity index (χ1n) is 7.27. The molecule has 2 rings (SSSR count). The highest BCUT2D eigenvalue weighted by molar-refractivity contribution is 6.31. The van der Waals surface area contributed by atoms with Crippen LogP contribution in [-0.4, -0.2) is 18.3 Å². The Hall–Kier alpha value is -0.570. The Morgan fingerprint density at radius 1 is 1.26 bits per heavy atom. The highest BCUT2D eigenvalue weighted by Gasteiger charge is 2.23. The minimum atomic E-state index is 0.331. The highest BCUT2D eigenvalue weighted by Crippen LogP contribution is 2.29. The van der Waals surface area contributed by atoms with Crippen molar-refractivity contribution in [2.75, 3.05) is 13.2 Å². The summed E-state index contributed by atoms with van der Waals surface area (Å²) in [6.45, 7) is 4.18. The Bertz CT molecular complexity index is 408. The maximum atomic E-state index is 9.40. The van der Waals surface area contributed by atoms with Crippen LogP contribution < -0.4 is 5.32 Å². The summed E-state index contributed by atoms with van der Waals surface area (Å²) in [7, 11) is 0. The van der Waals surface area contributed by atoms with Crippen LogP contribution in [0.1, 0.15) is 36.8 Å². The lowest BCUT2D eigenvalue weighted by Gasteiger charge is -2.30. The fourth-order valence-corrected chi connectivity index (χ4v) is 3.28. The number of hydrogen-bond acceptors (Lipinski definition) is 2. The molecule has 0 amide bonds. The maximum Gasteiger partial charge on any atom is 0.0462 e. The van der Waals surface area contributed by atoms with Gasteiger partial charge in [0.15, 0.2) is 0 Å². The summed E-state index contributed by atoms with van der Waals surface area (Å²) in [6.07, 6.45) is 4.98. The standard InChI is InChI=1S/C16H24ClNO/c1-12-6-7-14(16(17)8-12)10-18-9-13-4-2-3-5-15(13)11-19/h6-8,13,15,18-19H,2-5,9-11H2,1H3. The number of aliphatic hydroxyl groups excluding tert-OH is 1. The van der Waals surface area contributed by atoms with E-state index in [0.29, 0.717) is 18.4 Å². The third kappa shape index (κ3) is 4.20. The van der Waals surface area contributed by atoms with Crippen LogP contribution in [-0.2, 0) is 6.54 Å². The van der Waals surface area contributed by atoms with Crippen molar-refractivity contribution in [1.29, 1.82) is 0 Å². The van der Waals surface area contributed by atoms with Crippen molar-refractivity contribution in [3.05, 3.63) is 34.3 Å². The predicted octanol–water partition coefficient (Wildman–Crippen LogP) is 3.54. The van der Waals surface area contributed by atoms with Crippen LogP contribution >= 0.6 is 11.6 Å². The van der Waals surface area contributed by atoms with E-state index >= 15 is 0 Å². The summed E-state index contributed by atoms with van der Waals surface area (Å²) >= 11 is 6.23. The minimum absolute atomic E-state index is 0.331. The van der Waals surface area contributed by atoms with Gasteiger partial charge in [-0.1, -0.05) is 36.6 Å². The molecule has 0 aromatic heterocycles. The Balaban J connectivity index is 1.82. The molecule has 2 atom stereocenters. The maximum absolute atomic E-state index is 9.40. The fourth-order valence-electron chi connectivity index (χ4n) is 2.98. The van der Waals surface area contributed by atoms with Crippen LogP contribution in [0, 0.1) is 18.8 Å². The zero-order chi connectivity index (χ0) is 13.7. The monoisotopic (exact) mass is 281 g/mol. The molecule has 0 radical (unpaired) electrons. The third-order valence-corrected chi connectivity index (χ3v) is 4.58. The predicted molar refractivity (Wildman–Crippen MR) is 80.4 cm³/mol. The summed E-state index contributed by atoms with van der Waals surface area (Å²) in [4.78, 5) is 0. The van der Waals surface area contributed by atoms with Crippen LogP contribution in [0.2, 0.25) is 5.02 Å². The third-order valence-electron chi connectivity index (χ3n) is 4.23. The molecule has 2 nitrogen and oxygen atoms in total. The van der Waals surface area contributed by atoms with Crippen LogP contribution in [0.15, 0.2) is 18.2 Å². The van der Waals surface area contributed by atoms with Gasteiger partial charge in [0.2, 0.25) is 0 Å². The second kappa shape index (κ2) is 7.28. The molecule has 0 saturated heterocycles. The largest absolute Gasteiger partial charge is 0.396 e. The lowest BCUT2D eigenvalue weighted by atomic mass is 9.79. The molecule has 0 spiro atoms. The SMILES string of the molecule is Cc1ccc(CNCC2CCCCC2CO)c(Cl)c1. The van der Waals surface area contributed by atoms with Crippen molar-refractivity contribution in [3.63, 3.8) is 0 Å². The second-order valence-electron chi connectivity index (χ2n) is 5.71. The number of nitrogens with one attached hydrogen (secondary N) is 1. The number of rotatable bonds is 5. The topological polar surface area (TPSA) is 32.3 Å². The van der Waals surface area contributed by atoms with Crippen LogP contribution in [0.5, 0.6) is 0 Å². The van der Waals surface area contributed by atoms with Crippen molar-refractivity contribution in [2.45, 2.75) is 39.2 Å². The van der Waals surface area contributed by atoms with Gasteiger partial charge in [0.05, 0.1) is 0 Å². The molecule has 106 valence electrons. The minimum Gasteiger partial charge on any atom is -0.396 e. The van der Waals surface area contributed by atoms with Gasteiger partial charge in [-0.05, 0) is 55.3 Å². The number of aliphatic hydroxyl groups is 1. The summed E-state index contributed by atoms with van der Waals surface area (Å²) in [5.74, 6) is 1.10. The second-order valence-corrected chi connectivity index (χ2v) is 6.12. The molecule has 3 heteroatoms. The summed E-state index contributed by atoms with van der Waals surface area (Å²) in [6, 6.07) is 6.20. The van der Waals surface area contributed by atoms with Gasteiger partial charge in [0.25, 0.3) is 0 Å². The van der Waals surface area contributed by atoms with Gasteiger partial charge in [-0.3, -0.25) is 0 Å². The van der Waals surface area contributed by atoms with E-state index in [9.17, 15) is 5.11 Å². The highest BCUT2D eigenvalue weighted by atomic mass is 35.5. The van der Waals surface area contributed by atoms with Crippen molar-refractivity contribution in [2.24, 2.45) is 11.8 Å². The van der Waals surface area contributed by atoms with Gasteiger partial charge in [0, 0.05) is 18.2 Å². The fraction of sp³-hybridized carbons (Fsp3) is 0.625. The molecule has 0 aliphatic heterocycles.